The SMILES string of the molecule is CN1CCC(N)(c2cccc(Cl)c2Cl)CC1. The van der Waals surface area contributed by atoms with Crippen molar-refractivity contribution >= 4 is 23.2 Å². The molecule has 0 aliphatic carbocycles. The second-order valence-electron chi connectivity index (χ2n) is 4.56. The van der Waals surface area contributed by atoms with Gasteiger partial charge in [-0.3, -0.25) is 0 Å². The van der Waals surface area contributed by atoms with Crippen LogP contribution < -0.4 is 5.73 Å². The largest absolute Gasteiger partial charge is 0.321 e. The van der Waals surface area contributed by atoms with Crippen LogP contribution in [0, 0.1) is 0 Å². The van der Waals surface area contributed by atoms with Crippen LogP contribution in [0.4, 0.5) is 0 Å². The third kappa shape index (κ3) is 2.21. The monoisotopic (exact) mass is 258 g/mol. The zero-order valence-electron chi connectivity index (χ0n) is 9.34. The molecule has 2 rings (SSSR count). The summed E-state index contributed by atoms with van der Waals surface area (Å²) < 4.78 is 0. The summed E-state index contributed by atoms with van der Waals surface area (Å²) in [6.45, 7) is 2.00. The van der Waals surface area contributed by atoms with Gasteiger partial charge in [-0.15, -0.1) is 0 Å². The lowest BCUT2D eigenvalue weighted by Gasteiger charge is -2.38. The summed E-state index contributed by atoms with van der Waals surface area (Å²) in [6.07, 6.45) is 1.84. The van der Waals surface area contributed by atoms with Gasteiger partial charge in [-0.1, -0.05) is 35.3 Å². The number of likely N-dealkylation sites (tertiary alicyclic amines) is 1. The molecule has 88 valence electrons. The first-order chi connectivity index (χ1) is 7.53. The van der Waals surface area contributed by atoms with E-state index in [1.165, 1.54) is 0 Å². The Kier molecular flexibility index (Phi) is 3.45. The van der Waals surface area contributed by atoms with E-state index in [2.05, 4.69) is 11.9 Å². The average molecular weight is 259 g/mol. The summed E-state index contributed by atoms with van der Waals surface area (Å²) in [4.78, 5) is 2.28. The number of piperidine rings is 1. The quantitative estimate of drug-likeness (QED) is 0.840. The predicted molar refractivity (Wildman–Crippen MR) is 69.1 cm³/mol. The molecule has 0 saturated carbocycles. The first kappa shape index (κ1) is 12.2. The summed E-state index contributed by atoms with van der Waals surface area (Å²) in [5, 5.41) is 1.19. The molecule has 1 heterocycles. The van der Waals surface area contributed by atoms with Gasteiger partial charge in [-0.25, -0.2) is 0 Å². The molecular weight excluding hydrogens is 243 g/mol. The lowest BCUT2D eigenvalue weighted by molar-refractivity contribution is 0.191. The maximum atomic E-state index is 6.44. The Bertz CT molecular complexity index is 385. The molecule has 1 saturated heterocycles. The van der Waals surface area contributed by atoms with E-state index >= 15 is 0 Å². The van der Waals surface area contributed by atoms with Gasteiger partial charge >= 0.3 is 0 Å². The molecule has 2 N–H and O–H groups in total. The molecule has 1 aromatic carbocycles. The van der Waals surface area contributed by atoms with Gasteiger partial charge in [0.15, 0.2) is 0 Å². The van der Waals surface area contributed by atoms with Gasteiger partial charge < -0.3 is 10.6 Å². The molecule has 0 bridgehead atoms. The summed E-state index contributed by atoms with van der Waals surface area (Å²) in [5.74, 6) is 0. The average Bonchev–Trinajstić information content (AvgIpc) is 2.27. The van der Waals surface area contributed by atoms with Crippen LogP contribution in [0.25, 0.3) is 0 Å². The number of benzene rings is 1. The number of halogens is 2. The fraction of sp³-hybridized carbons (Fsp3) is 0.500. The van der Waals surface area contributed by atoms with Gasteiger partial charge in [0.2, 0.25) is 0 Å². The minimum absolute atomic E-state index is 0.325. The lowest BCUT2D eigenvalue weighted by atomic mass is 9.82. The molecule has 0 atom stereocenters. The van der Waals surface area contributed by atoms with E-state index < -0.39 is 0 Å². The minimum atomic E-state index is -0.325. The Morgan fingerprint density at radius 2 is 1.88 bits per heavy atom. The third-order valence-corrected chi connectivity index (χ3v) is 4.19. The second-order valence-corrected chi connectivity index (χ2v) is 5.35. The topological polar surface area (TPSA) is 29.3 Å². The van der Waals surface area contributed by atoms with Gasteiger partial charge in [0.25, 0.3) is 0 Å². The Balaban J connectivity index is 2.32. The molecule has 1 fully saturated rings. The Morgan fingerprint density at radius 1 is 1.25 bits per heavy atom. The highest BCUT2D eigenvalue weighted by Gasteiger charge is 2.33. The van der Waals surface area contributed by atoms with Gasteiger partial charge in [-0.05, 0) is 44.6 Å². The molecule has 0 radical (unpaired) electrons. The summed E-state index contributed by atoms with van der Waals surface area (Å²) in [5.41, 5.74) is 7.10. The van der Waals surface area contributed by atoms with Crippen LogP contribution in [-0.2, 0) is 5.54 Å². The highest BCUT2D eigenvalue weighted by atomic mass is 35.5. The number of hydrogen-bond acceptors (Lipinski definition) is 2. The molecule has 4 heteroatoms. The predicted octanol–water partition coefficient (Wildman–Crippen LogP) is 2.87. The van der Waals surface area contributed by atoms with Crippen LogP contribution >= 0.6 is 23.2 Å². The van der Waals surface area contributed by atoms with Crippen molar-refractivity contribution in [2.75, 3.05) is 20.1 Å². The Labute approximate surface area is 106 Å². The first-order valence-corrected chi connectivity index (χ1v) is 6.20. The van der Waals surface area contributed by atoms with E-state index in [1.54, 1.807) is 6.07 Å². The van der Waals surface area contributed by atoms with Crippen molar-refractivity contribution < 1.29 is 0 Å². The van der Waals surface area contributed by atoms with E-state index in [0.29, 0.717) is 10.0 Å². The zero-order chi connectivity index (χ0) is 11.8. The number of hydrogen-bond donors (Lipinski definition) is 1. The van der Waals surface area contributed by atoms with Crippen LogP contribution in [0.15, 0.2) is 18.2 Å². The van der Waals surface area contributed by atoms with Crippen molar-refractivity contribution in [1.29, 1.82) is 0 Å². The van der Waals surface area contributed by atoms with Gasteiger partial charge in [0.1, 0.15) is 0 Å². The minimum Gasteiger partial charge on any atom is -0.321 e. The maximum Gasteiger partial charge on any atom is 0.0642 e. The normalized spacial score (nSPS) is 21.0. The molecule has 1 aliphatic heterocycles. The molecule has 0 aromatic heterocycles. The second kappa shape index (κ2) is 4.53. The molecule has 1 aromatic rings. The van der Waals surface area contributed by atoms with E-state index in [0.717, 1.165) is 31.5 Å². The first-order valence-electron chi connectivity index (χ1n) is 5.45. The molecule has 16 heavy (non-hydrogen) atoms. The number of nitrogens with two attached hydrogens (primary N) is 1. The molecule has 1 aliphatic rings. The summed E-state index contributed by atoms with van der Waals surface area (Å²) in [7, 11) is 2.11. The standard InChI is InChI=1S/C12H16Cl2N2/c1-16-7-5-12(15,6-8-16)9-3-2-4-10(13)11(9)14/h2-4H,5-8,15H2,1H3. The maximum absolute atomic E-state index is 6.44. The van der Waals surface area contributed by atoms with E-state index in [4.69, 9.17) is 28.9 Å². The zero-order valence-corrected chi connectivity index (χ0v) is 10.9. The summed E-state index contributed by atoms with van der Waals surface area (Å²) >= 11 is 12.3. The molecule has 0 spiro atoms. The van der Waals surface area contributed by atoms with Crippen molar-refractivity contribution in [3.05, 3.63) is 33.8 Å². The van der Waals surface area contributed by atoms with Crippen LogP contribution in [-0.4, -0.2) is 25.0 Å². The Morgan fingerprint density at radius 3 is 2.50 bits per heavy atom. The lowest BCUT2D eigenvalue weighted by Crippen LogP contribution is -2.47. The van der Waals surface area contributed by atoms with Crippen molar-refractivity contribution in [2.24, 2.45) is 5.73 Å². The molecule has 0 amide bonds. The summed E-state index contributed by atoms with van der Waals surface area (Å²) in [6, 6.07) is 5.70. The highest BCUT2D eigenvalue weighted by molar-refractivity contribution is 6.42. The number of rotatable bonds is 1. The fourth-order valence-electron chi connectivity index (χ4n) is 2.18. The van der Waals surface area contributed by atoms with Crippen molar-refractivity contribution in [2.45, 2.75) is 18.4 Å². The Hall–Kier alpha value is -0.280. The fourth-order valence-corrected chi connectivity index (χ4v) is 2.66. The van der Waals surface area contributed by atoms with Crippen molar-refractivity contribution in [1.82, 2.24) is 4.90 Å². The van der Waals surface area contributed by atoms with Crippen LogP contribution in [0.2, 0.25) is 10.0 Å². The highest BCUT2D eigenvalue weighted by Crippen LogP contribution is 2.37. The third-order valence-electron chi connectivity index (χ3n) is 3.37. The van der Waals surface area contributed by atoms with Crippen molar-refractivity contribution in [3.63, 3.8) is 0 Å². The van der Waals surface area contributed by atoms with Gasteiger partial charge in [-0.2, -0.15) is 0 Å². The van der Waals surface area contributed by atoms with Crippen LogP contribution in [0.3, 0.4) is 0 Å². The van der Waals surface area contributed by atoms with E-state index in [-0.39, 0.29) is 5.54 Å². The van der Waals surface area contributed by atoms with Crippen molar-refractivity contribution in [3.8, 4) is 0 Å². The van der Waals surface area contributed by atoms with Gasteiger partial charge in [0.05, 0.1) is 10.0 Å². The molecule has 0 unspecified atom stereocenters. The van der Waals surface area contributed by atoms with E-state index in [1.807, 2.05) is 12.1 Å². The molecule has 2 nitrogen and oxygen atoms in total. The molecular formula is C12H16Cl2N2. The van der Waals surface area contributed by atoms with Crippen LogP contribution in [0.1, 0.15) is 18.4 Å². The van der Waals surface area contributed by atoms with E-state index in [9.17, 15) is 0 Å². The van der Waals surface area contributed by atoms with Gasteiger partial charge in [0, 0.05) is 5.54 Å². The smallest absolute Gasteiger partial charge is 0.0642 e. The number of nitrogens with zero attached hydrogens (tertiary/aromatic N) is 1. The van der Waals surface area contributed by atoms with Crippen LogP contribution in [0.5, 0.6) is 0 Å².